The van der Waals surface area contributed by atoms with Crippen LogP contribution in [-0.2, 0) is 27.3 Å². The van der Waals surface area contributed by atoms with Crippen LogP contribution in [-0.4, -0.2) is 55.4 Å². The highest BCUT2D eigenvalue weighted by Gasteiger charge is 2.28. The second kappa shape index (κ2) is 16.3. The molecule has 0 radical (unpaired) electrons. The van der Waals surface area contributed by atoms with Gasteiger partial charge in [-0.2, -0.15) is 0 Å². The van der Waals surface area contributed by atoms with Crippen molar-refractivity contribution >= 4 is 23.4 Å². The molecule has 3 N–H and O–H groups in total. The van der Waals surface area contributed by atoms with Gasteiger partial charge in [0.05, 0.1) is 25.9 Å². The van der Waals surface area contributed by atoms with Gasteiger partial charge in [0.1, 0.15) is 0 Å². The lowest BCUT2D eigenvalue weighted by molar-refractivity contribution is -0.130. The molecule has 2 atom stereocenters. The summed E-state index contributed by atoms with van der Waals surface area (Å²) < 4.78 is 11.2. The number of benzene rings is 2. The fourth-order valence-corrected chi connectivity index (χ4v) is 3.79. The molecule has 3 rings (SSSR count). The molecular formula is C27H37ClN2O5. The average molecular weight is 505 g/mol. The number of carbonyl (C=O) groups excluding carboxylic acids is 2. The number of hydrogen-bond donors (Lipinski definition) is 3. The number of ether oxygens (including phenoxy) is 2. The molecule has 0 saturated heterocycles. The van der Waals surface area contributed by atoms with E-state index in [1.165, 1.54) is 0 Å². The molecule has 1 heterocycles. The number of fused-ring (bicyclic) bond motifs is 1. The Morgan fingerprint density at radius 3 is 2.57 bits per heavy atom. The maximum Gasteiger partial charge on any atom is 0.251 e. The second-order valence-corrected chi connectivity index (χ2v) is 8.45. The van der Waals surface area contributed by atoms with E-state index in [2.05, 4.69) is 10.6 Å². The van der Waals surface area contributed by atoms with E-state index in [1.54, 1.807) is 24.3 Å². The number of aliphatic hydroxyl groups is 1. The average Bonchev–Trinajstić information content (AvgIpc) is 2.88. The zero-order valence-electron chi connectivity index (χ0n) is 20.6. The number of rotatable bonds is 5. The lowest BCUT2D eigenvalue weighted by Gasteiger charge is -2.24. The Bertz CT molecular complexity index is 907. The monoisotopic (exact) mass is 504 g/mol. The van der Waals surface area contributed by atoms with E-state index in [9.17, 15) is 14.7 Å². The summed E-state index contributed by atoms with van der Waals surface area (Å²) in [5, 5.41) is 17.0. The first-order valence-electron chi connectivity index (χ1n) is 12.3. The number of nitrogens with one attached hydrogen (secondary N) is 2. The molecular weight excluding hydrogens is 468 g/mol. The molecule has 2 amide bonds. The van der Waals surface area contributed by atoms with Crippen LogP contribution in [0.15, 0.2) is 48.5 Å². The summed E-state index contributed by atoms with van der Waals surface area (Å²) in [4.78, 5) is 25.6. The molecule has 192 valence electrons. The van der Waals surface area contributed by atoms with Crippen LogP contribution in [0.4, 0.5) is 0 Å². The molecule has 2 aromatic rings. The number of aliphatic hydroxyl groups excluding tert-OH is 1. The van der Waals surface area contributed by atoms with Crippen LogP contribution in [0.5, 0.6) is 0 Å². The minimum absolute atomic E-state index is 0.283. The van der Waals surface area contributed by atoms with Crippen LogP contribution in [0.2, 0.25) is 5.02 Å². The fraction of sp³-hybridized carbons (Fsp3) is 0.481. The van der Waals surface area contributed by atoms with Gasteiger partial charge in [0.25, 0.3) is 11.8 Å². The molecule has 0 aromatic heterocycles. The van der Waals surface area contributed by atoms with Crippen molar-refractivity contribution in [3.8, 4) is 0 Å². The Kier molecular flexibility index (Phi) is 13.4. The summed E-state index contributed by atoms with van der Waals surface area (Å²) in [5.74, 6) is -0.844. The summed E-state index contributed by atoms with van der Waals surface area (Å²) in [6, 6.07) is 13.8. The highest BCUT2D eigenvalue weighted by Crippen LogP contribution is 2.14. The van der Waals surface area contributed by atoms with Crippen LogP contribution >= 0.6 is 11.6 Å². The number of hydrogen-bond acceptors (Lipinski definition) is 5. The van der Waals surface area contributed by atoms with E-state index >= 15 is 0 Å². The molecule has 0 fully saturated rings. The Balaban J connectivity index is 0.00000210. The van der Waals surface area contributed by atoms with Crippen LogP contribution in [0.1, 0.15) is 54.6 Å². The van der Waals surface area contributed by atoms with Crippen molar-refractivity contribution in [2.24, 2.45) is 0 Å². The number of halogens is 1. The number of amides is 2. The van der Waals surface area contributed by atoms with Gasteiger partial charge in [-0.1, -0.05) is 55.8 Å². The molecule has 0 bridgehead atoms. The van der Waals surface area contributed by atoms with Crippen LogP contribution < -0.4 is 10.6 Å². The highest BCUT2D eigenvalue weighted by molar-refractivity contribution is 6.30. The van der Waals surface area contributed by atoms with Crippen LogP contribution in [0.25, 0.3) is 0 Å². The van der Waals surface area contributed by atoms with E-state index < -0.39 is 18.1 Å². The Labute approximate surface area is 213 Å². The zero-order valence-corrected chi connectivity index (χ0v) is 21.4. The van der Waals surface area contributed by atoms with Gasteiger partial charge in [-0.15, -0.1) is 0 Å². The van der Waals surface area contributed by atoms with Gasteiger partial charge in [-0.25, -0.2) is 0 Å². The minimum atomic E-state index is -1.36. The van der Waals surface area contributed by atoms with E-state index in [-0.39, 0.29) is 12.5 Å². The van der Waals surface area contributed by atoms with Gasteiger partial charge in [0.2, 0.25) is 0 Å². The van der Waals surface area contributed by atoms with E-state index in [4.69, 9.17) is 21.1 Å². The molecule has 2 unspecified atom stereocenters. The van der Waals surface area contributed by atoms with Gasteiger partial charge in [-0.3, -0.25) is 9.59 Å². The highest BCUT2D eigenvalue weighted by atomic mass is 35.5. The van der Waals surface area contributed by atoms with Gasteiger partial charge in [-0.05, 0) is 55.0 Å². The van der Waals surface area contributed by atoms with E-state index in [0.29, 0.717) is 56.2 Å². The summed E-state index contributed by atoms with van der Waals surface area (Å²) in [5.41, 5.74) is 2.24. The van der Waals surface area contributed by atoms with Crippen molar-refractivity contribution in [1.82, 2.24) is 10.6 Å². The second-order valence-electron chi connectivity index (χ2n) is 8.01. The first-order valence-corrected chi connectivity index (χ1v) is 12.7. The van der Waals surface area contributed by atoms with Gasteiger partial charge < -0.3 is 25.2 Å². The summed E-state index contributed by atoms with van der Waals surface area (Å²) in [6.07, 6.45) is 1.16. The van der Waals surface area contributed by atoms with Gasteiger partial charge in [0, 0.05) is 23.7 Å². The first-order chi connectivity index (χ1) is 17.0. The van der Waals surface area contributed by atoms with Crippen LogP contribution in [0, 0.1) is 0 Å². The zero-order chi connectivity index (χ0) is 25.5. The summed E-state index contributed by atoms with van der Waals surface area (Å²) in [6.45, 7) is 6.14. The maximum absolute atomic E-state index is 13.0. The molecule has 0 saturated carbocycles. The van der Waals surface area contributed by atoms with Crippen molar-refractivity contribution in [1.29, 1.82) is 0 Å². The third-order valence-corrected chi connectivity index (χ3v) is 5.79. The van der Waals surface area contributed by atoms with E-state index in [1.807, 2.05) is 38.1 Å². The molecule has 7 nitrogen and oxygen atoms in total. The standard InChI is InChI=1S/C25H31ClN2O5.C2H6/c26-20-10-8-18(9-11-20)12-13-27-25(31)23(29)22-7-3-4-14-32-15-16-33-17-19-5-1-2-6-21(19)24(30)28-22;1-2/h1-2,5-6,8-11,22-23,29H,3-4,7,12-17H2,(H,27,31)(H,28,30);1-2H3. The van der Waals surface area contributed by atoms with Crippen molar-refractivity contribution in [2.45, 2.75) is 58.3 Å². The third-order valence-electron chi connectivity index (χ3n) is 5.54. The largest absolute Gasteiger partial charge is 0.381 e. The molecule has 0 aliphatic carbocycles. The number of carbonyl (C=O) groups is 2. The van der Waals surface area contributed by atoms with E-state index in [0.717, 1.165) is 17.5 Å². The molecule has 2 aromatic carbocycles. The Hall–Kier alpha value is -2.45. The van der Waals surface area contributed by atoms with Gasteiger partial charge in [0.15, 0.2) is 6.10 Å². The third kappa shape index (κ3) is 9.98. The maximum atomic E-state index is 13.0. The Morgan fingerprint density at radius 2 is 1.80 bits per heavy atom. The lowest BCUT2D eigenvalue weighted by Crippen LogP contribution is -2.51. The summed E-state index contributed by atoms with van der Waals surface area (Å²) >= 11 is 5.90. The predicted octanol–water partition coefficient (Wildman–Crippen LogP) is 3.90. The van der Waals surface area contributed by atoms with Crippen molar-refractivity contribution in [2.75, 3.05) is 26.4 Å². The molecule has 8 heteroatoms. The molecule has 1 aliphatic rings. The Morgan fingerprint density at radius 1 is 1.09 bits per heavy atom. The quantitative estimate of drug-likeness (QED) is 0.573. The minimum Gasteiger partial charge on any atom is -0.381 e. The normalized spacial score (nSPS) is 18.1. The smallest absolute Gasteiger partial charge is 0.251 e. The molecule has 35 heavy (non-hydrogen) atoms. The molecule has 1 aliphatic heterocycles. The van der Waals surface area contributed by atoms with Crippen molar-refractivity contribution < 1.29 is 24.2 Å². The summed E-state index contributed by atoms with van der Waals surface area (Å²) in [7, 11) is 0. The van der Waals surface area contributed by atoms with Gasteiger partial charge >= 0.3 is 0 Å². The SMILES string of the molecule is CC.O=C1NC(C(O)C(=O)NCCc2ccc(Cl)cc2)CCCCOCCOCc2ccccc21. The first kappa shape index (κ1) is 28.8. The van der Waals surface area contributed by atoms with Crippen molar-refractivity contribution in [3.05, 3.63) is 70.2 Å². The lowest BCUT2D eigenvalue weighted by atomic mass is 10.0. The van der Waals surface area contributed by atoms with Crippen molar-refractivity contribution in [3.63, 3.8) is 0 Å². The predicted molar refractivity (Wildman–Crippen MR) is 138 cm³/mol. The fourth-order valence-electron chi connectivity index (χ4n) is 3.66. The molecule has 0 spiro atoms. The van der Waals surface area contributed by atoms with Crippen LogP contribution in [0.3, 0.4) is 0 Å². The topological polar surface area (TPSA) is 96.9 Å².